The van der Waals surface area contributed by atoms with Crippen molar-refractivity contribution >= 4 is 34.4 Å². The Labute approximate surface area is 168 Å². The van der Waals surface area contributed by atoms with Crippen molar-refractivity contribution in [1.29, 1.82) is 0 Å². The van der Waals surface area contributed by atoms with Crippen molar-refractivity contribution in [1.82, 2.24) is 20.6 Å². The Morgan fingerprint density at radius 1 is 1.14 bits per heavy atom. The maximum atomic E-state index is 12.3. The molecule has 3 aromatic rings. The molecule has 3 N–H and O–H groups in total. The summed E-state index contributed by atoms with van der Waals surface area (Å²) in [7, 11) is 0. The van der Waals surface area contributed by atoms with Gasteiger partial charge in [-0.1, -0.05) is 35.9 Å². The number of aromatic amines is 1. The first kappa shape index (κ1) is 19.9. The van der Waals surface area contributed by atoms with Crippen molar-refractivity contribution in [3.63, 3.8) is 0 Å². The zero-order chi connectivity index (χ0) is 19.9. The minimum atomic E-state index is -0.384. The van der Waals surface area contributed by atoms with Crippen LogP contribution >= 0.6 is 11.6 Å². The van der Waals surface area contributed by atoms with Gasteiger partial charge < -0.3 is 15.6 Å². The van der Waals surface area contributed by atoms with E-state index in [0.29, 0.717) is 11.6 Å². The molecule has 0 fully saturated rings. The summed E-state index contributed by atoms with van der Waals surface area (Å²) in [6.45, 7) is 1.98. The smallest absolute Gasteiger partial charge is 0.222 e. The molecule has 0 radical (unpaired) electrons. The quantitative estimate of drug-likeness (QED) is 0.507. The third-order valence-electron chi connectivity index (χ3n) is 4.39. The lowest BCUT2D eigenvalue weighted by atomic mass is 10.0. The maximum absolute atomic E-state index is 12.3. The number of aromatic nitrogens is 2. The van der Waals surface area contributed by atoms with Crippen LogP contribution in [0.1, 0.15) is 37.2 Å². The fourth-order valence-corrected chi connectivity index (χ4v) is 3.18. The highest BCUT2D eigenvalue weighted by atomic mass is 35.5. The second-order valence-electron chi connectivity index (χ2n) is 6.66. The van der Waals surface area contributed by atoms with Gasteiger partial charge in [-0.2, -0.15) is 0 Å². The number of para-hydroxylation sites is 2. The van der Waals surface area contributed by atoms with Crippen LogP contribution in [0.15, 0.2) is 48.5 Å². The van der Waals surface area contributed by atoms with Gasteiger partial charge in [0.25, 0.3) is 0 Å². The third kappa shape index (κ3) is 5.57. The molecule has 7 heteroatoms. The van der Waals surface area contributed by atoms with Gasteiger partial charge in [0.15, 0.2) is 0 Å². The first-order valence-corrected chi connectivity index (χ1v) is 9.62. The first-order chi connectivity index (χ1) is 13.5. The normalized spacial score (nSPS) is 11.9. The van der Waals surface area contributed by atoms with Crippen LogP contribution in [-0.4, -0.2) is 28.3 Å². The lowest BCUT2D eigenvalue weighted by Gasteiger charge is -2.18. The number of hydrogen-bond acceptors (Lipinski definition) is 3. The Kier molecular flexibility index (Phi) is 6.66. The summed E-state index contributed by atoms with van der Waals surface area (Å²) in [4.78, 5) is 31.6. The van der Waals surface area contributed by atoms with Crippen molar-refractivity contribution in [3.8, 4) is 0 Å². The van der Waals surface area contributed by atoms with Crippen molar-refractivity contribution in [2.24, 2.45) is 0 Å². The number of nitrogens with zero attached hydrogens (tertiary/aromatic N) is 1. The van der Waals surface area contributed by atoms with Crippen LogP contribution in [0, 0.1) is 0 Å². The highest BCUT2D eigenvalue weighted by Gasteiger charge is 2.17. The zero-order valence-corrected chi connectivity index (χ0v) is 16.4. The molecule has 3 rings (SSSR count). The number of amides is 2. The van der Waals surface area contributed by atoms with E-state index in [9.17, 15) is 9.59 Å². The first-order valence-electron chi connectivity index (χ1n) is 9.24. The molecule has 6 nitrogen and oxygen atoms in total. The number of imidazole rings is 1. The van der Waals surface area contributed by atoms with Crippen molar-refractivity contribution in [2.45, 2.75) is 32.2 Å². The fourth-order valence-electron chi connectivity index (χ4n) is 3.06. The second kappa shape index (κ2) is 9.37. The Bertz CT molecular complexity index is 919. The molecule has 0 aliphatic heterocycles. The number of H-pyrrole nitrogens is 1. The molecule has 0 aliphatic carbocycles. The lowest BCUT2D eigenvalue weighted by molar-refractivity contribution is -0.122. The molecule has 1 heterocycles. The van der Waals surface area contributed by atoms with E-state index < -0.39 is 0 Å². The van der Waals surface area contributed by atoms with Gasteiger partial charge >= 0.3 is 0 Å². The predicted molar refractivity (Wildman–Crippen MR) is 110 cm³/mol. The average molecular weight is 399 g/mol. The molecular weight excluding hydrogens is 376 g/mol. The van der Waals surface area contributed by atoms with Crippen molar-refractivity contribution < 1.29 is 9.59 Å². The van der Waals surface area contributed by atoms with Crippen LogP contribution in [0.5, 0.6) is 0 Å². The molecule has 0 saturated carbocycles. The van der Waals surface area contributed by atoms with E-state index in [4.69, 9.17) is 11.6 Å². The predicted octanol–water partition coefficient (Wildman–Crippen LogP) is 3.53. The van der Waals surface area contributed by atoms with Crippen molar-refractivity contribution in [2.75, 3.05) is 6.54 Å². The largest absolute Gasteiger partial charge is 0.356 e. The van der Waals surface area contributed by atoms with Gasteiger partial charge in [0, 0.05) is 24.9 Å². The molecule has 0 spiro atoms. The summed E-state index contributed by atoms with van der Waals surface area (Å²) < 4.78 is 0. The van der Waals surface area contributed by atoms with E-state index in [-0.39, 0.29) is 24.3 Å². The molecule has 0 bridgehead atoms. The van der Waals surface area contributed by atoms with E-state index in [0.717, 1.165) is 35.3 Å². The van der Waals surface area contributed by atoms with E-state index >= 15 is 0 Å². The lowest BCUT2D eigenvalue weighted by Crippen LogP contribution is -2.33. The molecule has 1 atom stereocenters. The molecule has 1 unspecified atom stereocenters. The van der Waals surface area contributed by atoms with Gasteiger partial charge in [-0.05, 0) is 36.2 Å². The number of nitrogens with one attached hydrogen (secondary N) is 3. The summed E-state index contributed by atoms with van der Waals surface area (Å²) in [6.07, 6.45) is 1.70. The number of fused-ring (bicyclic) bond motifs is 1. The molecule has 2 amide bonds. The van der Waals surface area contributed by atoms with Crippen LogP contribution in [0.4, 0.5) is 0 Å². The van der Waals surface area contributed by atoms with Gasteiger partial charge in [0.05, 0.1) is 23.5 Å². The second-order valence-corrected chi connectivity index (χ2v) is 7.10. The van der Waals surface area contributed by atoms with Crippen LogP contribution in [0.2, 0.25) is 5.02 Å². The summed E-state index contributed by atoms with van der Waals surface area (Å²) in [6, 6.07) is 14.6. The van der Waals surface area contributed by atoms with Crippen LogP contribution in [0.3, 0.4) is 0 Å². The van der Waals surface area contributed by atoms with Gasteiger partial charge in [0.2, 0.25) is 11.8 Å². The Morgan fingerprint density at radius 2 is 1.89 bits per heavy atom. The summed E-state index contributed by atoms with van der Waals surface area (Å²) >= 11 is 5.91. The SMILES string of the molecule is CC(=O)NC(CC(=O)NCCCc1nc2ccccc2[nH]1)c1ccc(Cl)cc1. The number of carbonyl (C=O) groups is 2. The Hall–Kier alpha value is -2.86. The summed E-state index contributed by atoms with van der Waals surface area (Å²) in [5.41, 5.74) is 2.81. The van der Waals surface area contributed by atoms with Crippen LogP contribution < -0.4 is 10.6 Å². The van der Waals surface area contributed by atoms with Gasteiger partial charge in [-0.15, -0.1) is 0 Å². The number of hydrogen-bond donors (Lipinski definition) is 3. The molecule has 0 aliphatic rings. The fraction of sp³-hybridized carbons (Fsp3) is 0.286. The monoisotopic (exact) mass is 398 g/mol. The summed E-state index contributed by atoms with van der Waals surface area (Å²) in [5, 5.41) is 6.34. The Balaban J connectivity index is 1.48. The Morgan fingerprint density at radius 3 is 2.61 bits per heavy atom. The van der Waals surface area contributed by atoms with Crippen LogP contribution in [-0.2, 0) is 16.0 Å². The van der Waals surface area contributed by atoms with Crippen molar-refractivity contribution in [3.05, 3.63) is 64.9 Å². The molecule has 146 valence electrons. The van der Waals surface area contributed by atoms with E-state index in [2.05, 4.69) is 20.6 Å². The third-order valence-corrected chi connectivity index (χ3v) is 4.64. The van der Waals surface area contributed by atoms with Gasteiger partial charge in [-0.3, -0.25) is 9.59 Å². The summed E-state index contributed by atoms with van der Waals surface area (Å²) in [5.74, 6) is 0.615. The zero-order valence-electron chi connectivity index (χ0n) is 15.7. The minimum Gasteiger partial charge on any atom is -0.356 e. The van der Waals surface area contributed by atoms with E-state index in [1.807, 2.05) is 36.4 Å². The molecule has 2 aromatic carbocycles. The molecule has 1 aromatic heterocycles. The minimum absolute atomic E-state index is 0.113. The van der Waals surface area contributed by atoms with Crippen LogP contribution in [0.25, 0.3) is 11.0 Å². The molecule has 0 saturated heterocycles. The van der Waals surface area contributed by atoms with Gasteiger partial charge in [0.1, 0.15) is 5.82 Å². The number of carbonyl (C=O) groups excluding carboxylic acids is 2. The topological polar surface area (TPSA) is 86.9 Å². The number of benzene rings is 2. The number of halogens is 1. The highest BCUT2D eigenvalue weighted by molar-refractivity contribution is 6.30. The number of rotatable bonds is 8. The number of aryl methyl sites for hydroxylation is 1. The van der Waals surface area contributed by atoms with E-state index in [1.54, 1.807) is 12.1 Å². The molecule has 28 heavy (non-hydrogen) atoms. The average Bonchev–Trinajstić information content (AvgIpc) is 3.08. The van der Waals surface area contributed by atoms with Gasteiger partial charge in [-0.25, -0.2) is 4.98 Å². The highest BCUT2D eigenvalue weighted by Crippen LogP contribution is 2.19. The van der Waals surface area contributed by atoms with E-state index in [1.165, 1.54) is 6.92 Å². The maximum Gasteiger partial charge on any atom is 0.222 e. The standard InChI is InChI=1S/C21H23ClN4O2/c1-14(27)24-19(15-8-10-16(22)11-9-15)13-21(28)23-12-4-7-20-25-17-5-2-3-6-18(17)26-20/h2-3,5-6,8-11,19H,4,7,12-13H2,1H3,(H,23,28)(H,24,27)(H,25,26). The molecular formula is C21H23ClN4O2.